The number of esters is 1. The predicted molar refractivity (Wildman–Crippen MR) is 151 cm³/mol. The minimum atomic E-state index is -0.726. The highest BCUT2D eigenvalue weighted by atomic mass is 16.6. The largest absolute Gasteiger partial charge is 0.508 e. The second-order valence-corrected chi connectivity index (χ2v) is 11.4. The van der Waals surface area contributed by atoms with E-state index in [0.29, 0.717) is 11.3 Å². The van der Waals surface area contributed by atoms with Crippen LogP contribution < -0.4 is 10.6 Å². The number of aromatic hydroxyl groups is 1. The molecule has 2 atom stereocenters. The number of phenolic OH excluding ortho intramolecular Hbond substituents is 1. The molecule has 2 amide bonds. The molecule has 2 aromatic rings. The van der Waals surface area contributed by atoms with Gasteiger partial charge in [-0.2, -0.15) is 0 Å². The molecule has 0 spiro atoms. The predicted octanol–water partition coefficient (Wildman–Crippen LogP) is 5.21. The Balaban J connectivity index is 1.66. The number of nitrogens with zero attached hydrogens (tertiary/aromatic N) is 1. The summed E-state index contributed by atoms with van der Waals surface area (Å²) >= 11 is 0. The zero-order valence-electron chi connectivity index (χ0n) is 23.3. The minimum Gasteiger partial charge on any atom is -0.508 e. The molecular formula is C30H37N3O6. The third kappa shape index (κ3) is 9.59. The van der Waals surface area contributed by atoms with Gasteiger partial charge in [0.25, 0.3) is 0 Å². The third-order valence-corrected chi connectivity index (χ3v) is 5.52. The average Bonchev–Trinajstić information content (AvgIpc) is 3.26. The summed E-state index contributed by atoms with van der Waals surface area (Å²) in [6.45, 7) is 10.8. The average molecular weight is 536 g/mol. The Kier molecular flexibility index (Phi) is 9.16. The van der Waals surface area contributed by atoms with Gasteiger partial charge in [-0.05, 0) is 82.5 Å². The Morgan fingerprint density at radius 2 is 1.54 bits per heavy atom. The first-order chi connectivity index (χ1) is 18.2. The van der Waals surface area contributed by atoms with Crippen molar-refractivity contribution in [3.05, 3.63) is 65.7 Å². The van der Waals surface area contributed by atoms with Crippen molar-refractivity contribution in [2.24, 2.45) is 4.99 Å². The monoisotopic (exact) mass is 535 g/mol. The number of nitrogens with one attached hydrogen (secondary N) is 2. The molecule has 0 fully saturated rings. The van der Waals surface area contributed by atoms with Crippen LogP contribution in [0.25, 0.3) is 5.57 Å². The fourth-order valence-corrected chi connectivity index (χ4v) is 3.85. The van der Waals surface area contributed by atoms with Crippen LogP contribution in [-0.4, -0.2) is 53.1 Å². The van der Waals surface area contributed by atoms with Crippen molar-refractivity contribution < 1.29 is 29.0 Å². The lowest BCUT2D eigenvalue weighted by Crippen LogP contribution is -2.37. The lowest BCUT2D eigenvalue weighted by atomic mass is 9.97. The van der Waals surface area contributed by atoms with Gasteiger partial charge in [0, 0.05) is 18.4 Å². The molecular weight excluding hydrogens is 498 g/mol. The maximum absolute atomic E-state index is 13.2. The molecule has 3 rings (SSSR count). The first-order valence-corrected chi connectivity index (χ1v) is 12.8. The zero-order chi connectivity index (χ0) is 28.8. The summed E-state index contributed by atoms with van der Waals surface area (Å²) in [6, 6.07) is 13.2. The standard InChI is InChI=1S/C30H37N3O6/c1-29(2,3)38-26(35)16-23-15-21(17-31-23)19-7-11-22(12-8-19)33-27(36)25(20-9-13-24(34)14-10-20)18-32-28(37)39-30(4,5)6/h7-15,17,23,25,34H,16,18H2,1-6H3,(H,32,37)(H,33,36)/t23-,25?/m0/s1. The number of carbonyl (C=O) groups excluding carboxylic acids is 3. The Bertz CT molecular complexity index is 1240. The van der Waals surface area contributed by atoms with E-state index in [-0.39, 0.29) is 36.6 Å². The topological polar surface area (TPSA) is 126 Å². The van der Waals surface area contributed by atoms with E-state index in [0.717, 1.165) is 11.1 Å². The van der Waals surface area contributed by atoms with E-state index >= 15 is 0 Å². The number of alkyl carbamates (subject to hydrolysis) is 1. The molecule has 1 heterocycles. The summed E-state index contributed by atoms with van der Waals surface area (Å²) in [5, 5.41) is 15.2. The van der Waals surface area contributed by atoms with E-state index in [1.165, 1.54) is 12.1 Å². The Morgan fingerprint density at radius 3 is 2.13 bits per heavy atom. The molecule has 2 aromatic carbocycles. The number of ether oxygens (including phenoxy) is 2. The highest BCUT2D eigenvalue weighted by Gasteiger charge is 2.24. The number of anilines is 1. The highest BCUT2D eigenvalue weighted by molar-refractivity contribution is 6.12. The van der Waals surface area contributed by atoms with Crippen LogP contribution in [0.4, 0.5) is 10.5 Å². The van der Waals surface area contributed by atoms with Crippen LogP contribution in [0.1, 0.15) is 65.0 Å². The molecule has 0 saturated carbocycles. The number of hydrogen-bond acceptors (Lipinski definition) is 7. The number of hydrogen-bond donors (Lipinski definition) is 3. The van der Waals surface area contributed by atoms with Gasteiger partial charge in [-0.25, -0.2) is 4.79 Å². The summed E-state index contributed by atoms with van der Waals surface area (Å²) in [5.41, 5.74) is 1.76. The summed E-state index contributed by atoms with van der Waals surface area (Å²) in [7, 11) is 0. The normalized spacial score (nSPS) is 15.7. The van der Waals surface area contributed by atoms with Gasteiger partial charge in [0.2, 0.25) is 5.91 Å². The van der Waals surface area contributed by atoms with Gasteiger partial charge in [0.1, 0.15) is 17.0 Å². The lowest BCUT2D eigenvalue weighted by molar-refractivity contribution is -0.154. The van der Waals surface area contributed by atoms with Crippen LogP contribution >= 0.6 is 0 Å². The van der Waals surface area contributed by atoms with Gasteiger partial charge >= 0.3 is 12.1 Å². The number of allylic oxidation sites excluding steroid dienone is 1. The second-order valence-electron chi connectivity index (χ2n) is 11.4. The number of amides is 2. The van der Waals surface area contributed by atoms with Gasteiger partial charge in [0.05, 0.1) is 18.4 Å². The molecule has 1 aliphatic heterocycles. The summed E-state index contributed by atoms with van der Waals surface area (Å²) in [5.74, 6) is -1.28. The molecule has 9 heteroatoms. The zero-order valence-corrected chi connectivity index (χ0v) is 23.3. The molecule has 0 radical (unpaired) electrons. The molecule has 0 aliphatic carbocycles. The third-order valence-electron chi connectivity index (χ3n) is 5.52. The van der Waals surface area contributed by atoms with E-state index in [9.17, 15) is 19.5 Å². The van der Waals surface area contributed by atoms with Crippen molar-refractivity contribution in [1.82, 2.24) is 5.32 Å². The molecule has 0 aromatic heterocycles. The lowest BCUT2D eigenvalue weighted by Gasteiger charge is -2.22. The quantitative estimate of drug-likeness (QED) is 0.399. The highest BCUT2D eigenvalue weighted by Crippen LogP contribution is 2.25. The van der Waals surface area contributed by atoms with Gasteiger partial charge < -0.3 is 25.2 Å². The van der Waals surface area contributed by atoms with Crippen molar-refractivity contribution in [3.8, 4) is 5.75 Å². The van der Waals surface area contributed by atoms with Crippen LogP contribution in [0.5, 0.6) is 5.75 Å². The summed E-state index contributed by atoms with van der Waals surface area (Å²) < 4.78 is 10.7. The Labute approximate surface area is 229 Å². The van der Waals surface area contributed by atoms with Gasteiger partial charge in [-0.3, -0.25) is 14.6 Å². The first-order valence-electron chi connectivity index (χ1n) is 12.8. The van der Waals surface area contributed by atoms with Crippen molar-refractivity contribution in [3.63, 3.8) is 0 Å². The van der Waals surface area contributed by atoms with Gasteiger partial charge in [-0.1, -0.05) is 30.3 Å². The molecule has 0 saturated heterocycles. The number of benzene rings is 2. The van der Waals surface area contributed by atoms with Crippen LogP contribution in [-0.2, 0) is 19.1 Å². The maximum Gasteiger partial charge on any atom is 0.407 e. The van der Waals surface area contributed by atoms with Crippen LogP contribution in [0, 0.1) is 0 Å². The number of aliphatic imine (C=N–C) groups is 1. The summed E-state index contributed by atoms with van der Waals surface area (Å²) in [4.78, 5) is 41.9. The molecule has 3 N–H and O–H groups in total. The molecule has 1 aliphatic rings. The maximum atomic E-state index is 13.2. The smallest absolute Gasteiger partial charge is 0.407 e. The van der Waals surface area contributed by atoms with E-state index in [2.05, 4.69) is 15.6 Å². The molecule has 0 bridgehead atoms. The SMILES string of the molecule is CC(C)(C)OC(=O)C[C@@H]1C=C(c2ccc(NC(=O)C(CNC(=O)OC(C)(C)C)c3ccc(O)cc3)cc2)C=N1. The number of rotatable bonds is 8. The second kappa shape index (κ2) is 12.1. The van der Waals surface area contributed by atoms with Crippen molar-refractivity contribution in [2.75, 3.05) is 11.9 Å². The molecule has 39 heavy (non-hydrogen) atoms. The van der Waals surface area contributed by atoms with Crippen molar-refractivity contribution >= 4 is 35.4 Å². The van der Waals surface area contributed by atoms with E-state index < -0.39 is 23.2 Å². The van der Waals surface area contributed by atoms with Crippen molar-refractivity contribution in [2.45, 2.75) is 71.1 Å². The first kappa shape index (κ1) is 29.4. The van der Waals surface area contributed by atoms with Crippen molar-refractivity contribution in [1.29, 1.82) is 0 Å². The Hall–Kier alpha value is -4.14. The van der Waals surface area contributed by atoms with Crippen LogP contribution in [0.2, 0.25) is 0 Å². The fraction of sp³-hybridized carbons (Fsp3) is 0.400. The number of phenols is 1. The van der Waals surface area contributed by atoms with E-state index in [1.54, 1.807) is 51.3 Å². The van der Waals surface area contributed by atoms with E-state index in [1.807, 2.05) is 39.0 Å². The summed E-state index contributed by atoms with van der Waals surface area (Å²) in [6.07, 6.45) is 3.19. The molecule has 208 valence electrons. The van der Waals surface area contributed by atoms with Gasteiger partial charge in [-0.15, -0.1) is 0 Å². The minimum absolute atomic E-state index is 0.00594. The van der Waals surface area contributed by atoms with Crippen LogP contribution in [0.15, 0.2) is 59.6 Å². The van der Waals surface area contributed by atoms with Gasteiger partial charge in [0.15, 0.2) is 0 Å². The van der Waals surface area contributed by atoms with Crippen LogP contribution in [0.3, 0.4) is 0 Å². The molecule has 9 nitrogen and oxygen atoms in total. The fourth-order valence-electron chi connectivity index (χ4n) is 3.85. The Morgan fingerprint density at radius 1 is 0.923 bits per heavy atom. The number of carbonyl (C=O) groups is 3. The molecule has 1 unspecified atom stereocenters. The van der Waals surface area contributed by atoms with E-state index in [4.69, 9.17) is 9.47 Å².